The molecule has 6 aromatic rings. The van der Waals surface area contributed by atoms with Crippen molar-refractivity contribution in [3.8, 4) is 22.3 Å². The fourth-order valence-electron chi connectivity index (χ4n) is 5.70. The summed E-state index contributed by atoms with van der Waals surface area (Å²) in [6.45, 7) is 6.14. The number of amides is 1. The second-order valence-corrected chi connectivity index (χ2v) is 12.8. The summed E-state index contributed by atoms with van der Waals surface area (Å²) in [4.78, 5) is 37.4. The van der Waals surface area contributed by atoms with E-state index in [2.05, 4.69) is 78.8 Å². The maximum Gasteiger partial charge on any atom is 0.407 e. The highest BCUT2D eigenvalue weighted by molar-refractivity contribution is 5.92. The zero-order valence-electron chi connectivity index (χ0n) is 25.4. The Labute approximate surface area is 255 Å². The van der Waals surface area contributed by atoms with Crippen LogP contribution in [0.25, 0.3) is 55.4 Å². The van der Waals surface area contributed by atoms with Crippen LogP contribution in [0.3, 0.4) is 0 Å². The highest BCUT2D eigenvalue weighted by atomic mass is 16.6. The Kier molecular flexibility index (Phi) is 7.24. The minimum absolute atomic E-state index is 0.381. The number of benzene rings is 2. The second kappa shape index (κ2) is 11.4. The first kappa shape index (κ1) is 28.0. The molecule has 9 nitrogen and oxygen atoms in total. The van der Waals surface area contributed by atoms with E-state index in [0.717, 1.165) is 69.8 Å². The largest absolute Gasteiger partial charge is 0.444 e. The van der Waals surface area contributed by atoms with Crippen molar-refractivity contribution >= 4 is 39.2 Å². The maximum atomic E-state index is 11.8. The van der Waals surface area contributed by atoms with Crippen molar-refractivity contribution in [3.63, 3.8) is 0 Å². The van der Waals surface area contributed by atoms with Gasteiger partial charge in [-0.05, 0) is 92.6 Å². The van der Waals surface area contributed by atoms with Gasteiger partial charge >= 0.3 is 6.09 Å². The summed E-state index contributed by atoms with van der Waals surface area (Å²) in [5, 5.41) is 5.14. The van der Waals surface area contributed by atoms with Crippen LogP contribution in [0.5, 0.6) is 0 Å². The zero-order chi connectivity index (χ0) is 30.3. The summed E-state index contributed by atoms with van der Waals surface area (Å²) >= 11 is 0. The molecule has 224 valence electrons. The van der Waals surface area contributed by atoms with Gasteiger partial charge in [0, 0.05) is 42.4 Å². The molecule has 0 saturated heterocycles. The number of unbranched alkanes of at least 4 members (excludes halogenated alkanes) is 1. The monoisotopic (exact) mass is 587 g/mol. The number of nitrogens with zero attached hydrogens (tertiary/aromatic N) is 4. The molecule has 0 unspecified atom stereocenters. The van der Waals surface area contributed by atoms with E-state index in [1.54, 1.807) is 0 Å². The summed E-state index contributed by atoms with van der Waals surface area (Å²) in [6, 6.07) is 17.3. The van der Waals surface area contributed by atoms with Crippen LogP contribution >= 0.6 is 0 Å². The normalized spacial score (nSPS) is 13.9. The van der Waals surface area contributed by atoms with Crippen molar-refractivity contribution in [2.75, 3.05) is 6.54 Å². The van der Waals surface area contributed by atoms with E-state index < -0.39 is 5.60 Å². The van der Waals surface area contributed by atoms with Crippen molar-refractivity contribution in [3.05, 3.63) is 72.6 Å². The van der Waals surface area contributed by atoms with Gasteiger partial charge in [0.05, 0.1) is 11.0 Å². The number of carbonyl (C=O) groups excluding carboxylic acids is 1. The molecule has 1 aliphatic rings. The number of nitrogens with one attached hydrogen (secondary N) is 3. The molecule has 1 saturated carbocycles. The molecular formula is C35H37N7O2. The van der Waals surface area contributed by atoms with Gasteiger partial charge in [-0.25, -0.2) is 24.7 Å². The van der Waals surface area contributed by atoms with E-state index in [4.69, 9.17) is 9.72 Å². The Hall–Kier alpha value is -4.79. The molecule has 0 spiro atoms. The summed E-state index contributed by atoms with van der Waals surface area (Å²) in [5.41, 5.74) is 7.29. The van der Waals surface area contributed by atoms with Crippen LogP contribution < -0.4 is 5.32 Å². The molecule has 0 bridgehead atoms. The number of H-pyrrole nitrogens is 2. The molecule has 0 radical (unpaired) electrons. The van der Waals surface area contributed by atoms with Crippen LogP contribution in [0, 0.1) is 0 Å². The summed E-state index contributed by atoms with van der Waals surface area (Å²) in [6.07, 6.45) is 9.65. The Morgan fingerprint density at radius 3 is 2.09 bits per heavy atom. The summed E-state index contributed by atoms with van der Waals surface area (Å²) < 4.78 is 5.28. The molecule has 0 atom stereocenters. The number of fused-ring (bicyclic) bond motifs is 3. The minimum atomic E-state index is -0.491. The van der Waals surface area contributed by atoms with E-state index in [-0.39, 0.29) is 6.09 Å². The van der Waals surface area contributed by atoms with Crippen LogP contribution in [0.1, 0.15) is 70.4 Å². The molecule has 9 heteroatoms. The summed E-state index contributed by atoms with van der Waals surface area (Å²) in [5.74, 6) is 2.53. The second-order valence-electron chi connectivity index (χ2n) is 12.8. The van der Waals surface area contributed by atoms with Crippen LogP contribution in [0.2, 0.25) is 0 Å². The molecule has 3 N–H and O–H groups in total. The molecule has 1 aliphatic carbocycles. The Morgan fingerprint density at radius 1 is 0.841 bits per heavy atom. The third-order valence-corrected chi connectivity index (χ3v) is 8.25. The molecule has 4 heterocycles. The highest BCUT2D eigenvalue weighted by Gasteiger charge is 2.23. The number of hydrogen-bond acceptors (Lipinski definition) is 6. The molecule has 0 aliphatic heterocycles. The minimum Gasteiger partial charge on any atom is -0.444 e. The number of aromatic nitrogens is 6. The number of carbonyl (C=O) groups is 1. The fraction of sp³-hybridized carbons (Fsp3) is 0.343. The SMILES string of the molecule is CC(C)(C)OC(=O)NCCCCc1nc2ncc(-c3ccc4cc(-c5cnc6nc(C7CCC7)[nH]c6c5)ccc4c3)cc2[nH]1. The van der Waals surface area contributed by atoms with Gasteiger partial charge in [-0.15, -0.1) is 0 Å². The highest BCUT2D eigenvalue weighted by Crippen LogP contribution is 2.36. The first-order chi connectivity index (χ1) is 21.3. The molecule has 7 rings (SSSR count). The number of hydrogen-bond donors (Lipinski definition) is 3. The average molecular weight is 588 g/mol. The number of imidazole rings is 2. The Balaban J connectivity index is 1.02. The van der Waals surface area contributed by atoms with Gasteiger partial charge in [0.25, 0.3) is 0 Å². The standard InChI is InChI=1S/C35H37N7O2/c1-35(2,3)44-34(43)36-14-5-4-9-30-39-28-17-26(19-37-32(28)41-30)24-12-10-23-16-25(13-11-22(23)15-24)27-18-29-33(38-20-27)42-31(40-29)21-7-6-8-21/h10-13,15-21H,4-9,14H2,1-3H3,(H,36,43)(H,37,39,41)(H,38,40,42). The predicted octanol–water partition coefficient (Wildman–Crippen LogP) is 7.83. The van der Waals surface area contributed by atoms with Gasteiger partial charge in [0.15, 0.2) is 11.3 Å². The Morgan fingerprint density at radius 2 is 1.48 bits per heavy atom. The van der Waals surface area contributed by atoms with Crippen LogP contribution in [-0.4, -0.2) is 48.1 Å². The number of aryl methyl sites for hydroxylation is 1. The average Bonchev–Trinajstić information content (AvgIpc) is 3.57. The fourth-order valence-corrected chi connectivity index (χ4v) is 5.70. The van der Waals surface area contributed by atoms with Gasteiger partial charge in [0.2, 0.25) is 0 Å². The molecule has 4 aromatic heterocycles. The third kappa shape index (κ3) is 6.00. The number of pyridine rings is 2. The van der Waals surface area contributed by atoms with E-state index in [1.165, 1.54) is 30.0 Å². The lowest BCUT2D eigenvalue weighted by Crippen LogP contribution is -2.33. The number of alkyl carbamates (subject to hydrolysis) is 1. The number of rotatable bonds is 8. The van der Waals surface area contributed by atoms with Crippen LogP contribution in [0.4, 0.5) is 4.79 Å². The van der Waals surface area contributed by atoms with Crippen molar-refractivity contribution < 1.29 is 9.53 Å². The van der Waals surface area contributed by atoms with E-state index in [1.807, 2.05) is 33.2 Å². The molecule has 1 amide bonds. The van der Waals surface area contributed by atoms with E-state index >= 15 is 0 Å². The van der Waals surface area contributed by atoms with Crippen molar-refractivity contribution in [2.24, 2.45) is 0 Å². The van der Waals surface area contributed by atoms with Gasteiger partial charge in [0.1, 0.15) is 17.2 Å². The van der Waals surface area contributed by atoms with Gasteiger partial charge in [-0.2, -0.15) is 0 Å². The molecular weight excluding hydrogens is 550 g/mol. The smallest absolute Gasteiger partial charge is 0.407 e. The number of aromatic amines is 2. The molecule has 44 heavy (non-hydrogen) atoms. The molecule has 2 aromatic carbocycles. The topological polar surface area (TPSA) is 121 Å². The van der Waals surface area contributed by atoms with Crippen LogP contribution in [0.15, 0.2) is 60.9 Å². The predicted molar refractivity (Wildman–Crippen MR) is 173 cm³/mol. The van der Waals surface area contributed by atoms with E-state index in [9.17, 15) is 4.79 Å². The first-order valence-electron chi connectivity index (χ1n) is 15.5. The lowest BCUT2D eigenvalue weighted by molar-refractivity contribution is 0.0527. The van der Waals surface area contributed by atoms with Gasteiger partial charge in [-0.1, -0.05) is 30.7 Å². The lowest BCUT2D eigenvalue weighted by Gasteiger charge is -2.22. The summed E-state index contributed by atoms with van der Waals surface area (Å²) in [7, 11) is 0. The molecule has 1 fully saturated rings. The van der Waals surface area contributed by atoms with Crippen LogP contribution in [-0.2, 0) is 11.2 Å². The van der Waals surface area contributed by atoms with Crippen molar-refractivity contribution in [1.82, 2.24) is 35.2 Å². The number of ether oxygens (including phenoxy) is 1. The van der Waals surface area contributed by atoms with Gasteiger partial charge in [-0.3, -0.25) is 0 Å². The quantitative estimate of drug-likeness (QED) is 0.156. The van der Waals surface area contributed by atoms with Crippen molar-refractivity contribution in [1.29, 1.82) is 0 Å². The first-order valence-corrected chi connectivity index (χ1v) is 15.5. The van der Waals surface area contributed by atoms with Gasteiger partial charge < -0.3 is 20.0 Å². The van der Waals surface area contributed by atoms with E-state index in [0.29, 0.717) is 18.1 Å². The maximum absolute atomic E-state index is 11.8. The van der Waals surface area contributed by atoms with Crippen molar-refractivity contribution in [2.45, 2.75) is 70.8 Å². The third-order valence-electron chi connectivity index (χ3n) is 8.25. The Bertz CT molecular complexity index is 1980. The lowest BCUT2D eigenvalue weighted by atomic mass is 9.85. The zero-order valence-corrected chi connectivity index (χ0v) is 25.4.